The highest BCUT2D eigenvalue weighted by Gasteiger charge is 2.30. The summed E-state index contributed by atoms with van der Waals surface area (Å²) < 4.78 is 38.6. The minimum Gasteiger partial charge on any atom is -0.308 e. The van der Waals surface area contributed by atoms with Crippen LogP contribution in [0.25, 0.3) is 10.2 Å². The van der Waals surface area contributed by atoms with Crippen LogP contribution in [0.5, 0.6) is 0 Å². The average Bonchev–Trinajstić information content (AvgIpc) is 2.77. The van der Waals surface area contributed by atoms with Crippen LogP contribution in [0.2, 0.25) is 0 Å². The molecule has 0 saturated heterocycles. The highest BCUT2D eigenvalue weighted by atomic mass is 32.1. The van der Waals surface area contributed by atoms with Crippen LogP contribution < -0.4 is 5.32 Å². The number of halogens is 3. The molecule has 0 bridgehead atoms. The second kappa shape index (κ2) is 5.46. The van der Waals surface area contributed by atoms with Crippen molar-refractivity contribution in [2.45, 2.75) is 32.5 Å². The molecule has 0 aliphatic rings. The maximum absolute atomic E-state index is 12.6. The van der Waals surface area contributed by atoms with Crippen molar-refractivity contribution in [1.29, 1.82) is 0 Å². The van der Waals surface area contributed by atoms with Crippen molar-refractivity contribution in [2.24, 2.45) is 0 Å². The molecule has 1 unspecified atom stereocenters. The molecule has 1 aromatic carbocycles. The molecule has 1 atom stereocenters. The fourth-order valence-corrected chi connectivity index (χ4v) is 2.73. The van der Waals surface area contributed by atoms with Crippen molar-refractivity contribution in [3.8, 4) is 0 Å². The van der Waals surface area contributed by atoms with Gasteiger partial charge in [-0.15, -0.1) is 11.3 Å². The van der Waals surface area contributed by atoms with Gasteiger partial charge in [0.1, 0.15) is 5.01 Å². The number of fused-ring (bicyclic) bond motifs is 1. The third-order valence-electron chi connectivity index (χ3n) is 2.80. The molecule has 2 nitrogen and oxygen atoms in total. The van der Waals surface area contributed by atoms with Gasteiger partial charge in [-0.1, -0.05) is 6.92 Å². The Morgan fingerprint density at radius 1 is 1.37 bits per heavy atom. The third-order valence-corrected chi connectivity index (χ3v) is 4.02. The van der Waals surface area contributed by atoms with E-state index in [9.17, 15) is 13.2 Å². The minimum absolute atomic E-state index is 0.0617. The summed E-state index contributed by atoms with van der Waals surface area (Å²) in [5.74, 6) is 0. The molecule has 0 fully saturated rings. The fraction of sp³-hybridized carbons (Fsp3) is 0.462. The first-order valence-electron chi connectivity index (χ1n) is 6.13. The molecule has 0 aliphatic heterocycles. The van der Waals surface area contributed by atoms with Crippen LogP contribution >= 0.6 is 11.3 Å². The molecule has 0 aliphatic carbocycles. The van der Waals surface area contributed by atoms with E-state index < -0.39 is 11.7 Å². The van der Waals surface area contributed by atoms with E-state index in [-0.39, 0.29) is 6.04 Å². The second-order valence-electron chi connectivity index (χ2n) is 4.41. The van der Waals surface area contributed by atoms with Gasteiger partial charge in [0.25, 0.3) is 0 Å². The number of nitrogens with zero attached hydrogens (tertiary/aromatic N) is 1. The number of thiazole rings is 1. The van der Waals surface area contributed by atoms with Gasteiger partial charge in [-0.05, 0) is 38.1 Å². The molecular formula is C13H15F3N2S. The predicted molar refractivity (Wildman–Crippen MR) is 71.3 cm³/mol. The van der Waals surface area contributed by atoms with Crippen molar-refractivity contribution in [1.82, 2.24) is 10.3 Å². The first kappa shape index (κ1) is 14.3. The molecule has 6 heteroatoms. The van der Waals surface area contributed by atoms with E-state index in [4.69, 9.17) is 0 Å². The maximum atomic E-state index is 12.6. The molecule has 0 spiro atoms. The quantitative estimate of drug-likeness (QED) is 0.903. The molecule has 0 amide bonds. The molecule has 1 N–H and O–H groups in total. The van der Waals surface area contributed by atoms with Crippen molar-refractivity contribution in [3.05, 3.63) is 28.8 Å². The molecule has 104 valence electrons. The summed E-state index contributed by atoms with van der Waals surface area (Å²) in [6.07, 6.45) is -3.31. The van der Waals surface area contributed by atoms with Crippen LogP contribution in [0.1, 0.15) is 36.9 Å². The number of rotatable bonds is 4. The Kier molecular flexibility index (Phi) is 4.10. The Morgan fingerprint density at radius 3 is 2.74 bits per heavy atom. The lowest BCUT2D eigenvalue weighted by atomic mass is 10.2. The Labute approximate surface area is 113 Å². The van der Waals surface area contributed by atoms with Gasteiger partial charge in [0.05, 0.1) is 21.8 Å². The van der Waals surface area contributed by atoms with E-state index in [1.807, 2.05) is 6.92 Å². The zero-order valence-corrected chi connectivity index (χ0v) is 11.5. The molecule has 19 heavy (non-hydrogen) atoms. The molecule has 2 rings (SSSR count). The first-order chi connectivity index (χ1) is 8.91. The topological polar surface area (TPSA) is 24.9 Å². The van der Waals surface area contributed by atoms with Crippen LogP contribution in [-0.4, -0.2) is 11.5 Å². The van der Waals surface area contributed by atoms with E-state index in [0.29, 0.717) is 5.52 Å². The summed E-state index contributed by atoms with van der Waals surface area (Å²) in [5.41, 5.74) is -0.231. The molecule has 0 saturated carbocycles. The monoisotopic (exact) mass is 288 g/mol. The summed E-state index contributed by atoms with van der Waals surface area (Å²) in [6, 6.07) is 3.77. The standard InChI is InChI=1S/C13H15F3N2S/c1-3-6-17-8(2)12-18-10-7-9(13(14,15)16)4-5-11(10)19-12/h4-5,7-8,17H,3,6H2,1-2H3. The highest BCUT2D eigenvalue weighted by molar-refractivity contribution is 7.18. The SMILES string of the molecule is CCCNC(C)c1nc2cc(C(F)(F)F)ccc2s1. The summed E-state index contributed by atoms with van der Waals surface area (Å²) in [7, 11) is 0. The van der Waals surface area contributed by atoms with Gasteiger partial charge < -0.3 is 5.32 Å². The molecule has 1 aromatic heterocycles. The van der Waals surface area contributed by atoms with E-state index in [0.717, 1.165) is 34.8 Å². The van der Waals surface area contributed by atoms with Crippen LogP contribution in [0.4, 0.5) is 13.2 Å². The van der Waals surface area contributed by atoms with Crippen LogP contribution in [-0.2, 0) is 6.18 Å². The lowest BCUT2D eigenvalue weighted by Gasteiger charge is -2.08. The zero-order valence-electron chi connectivity index (χ0n) is 10.7. The van der Waals surface area contributed by atoms with E-state index >= 15 is 0 Å². The largest absolute Gasteiger partial charge is 0.416 e. The van der Waals surface area contributed by atoms with Crippen molar-refractivity contribution in [2.75, 3.05) is 6.54 Å². The first-order valence-corrected chi connectivity index (χ1v) is 6.94. The Balaban J connectivity index is 2.30. The normalized spacial score (nSPS) is 13.9. The van der Waals surface area contributed by atoms with Crippen LogP contribution in [0, 0.1) is 0 Å². The summed E-state index contributed by atoms with van der Waals surface area (Å²) in [4.78, 5) is 4.30. The molecule has 0 radical (unpaired) electrons. The number of nitrogens with one attached hydrogen (secondary N) is 1. The Bertz CT molecular complexity index is 563. The lowest BCUT2D eigenvalue weighted by Crippen LogP contribution is -2.18. The van der Waals surface area contributed by atoms with E-state index in [1.54, 1.807) is 0 Å². The number of hydrogen-bond acceptors (Lipinski definition) is 3. The molecule has 2 aromatic rings. The predicted octanol–water partition coefficient (Wildman–Crippen LogP) is 4.38. The van der Waals surface area contributed by atoms with E-state index in [1.165, 1.54) is 17.4 Å². The number of hydrogen-bond donors (Lipinski definition) is 1. The highest BCUT2D eigenvalue weighted by Crippen LogP contribution is 2.33. The molecular weight excluding hydrogens is 273 g/mol. The smallest absolute Gasteiger partial charge is 0.308 e. The van der Waals surface area contributed by atoms with Crippen LogP contribution in [0.15, 0.2) is 18.2 Å². The number of aromatic nitrogens is 1. The van der Waals surface area contributed by atoms with Crippen molar-refractivity contribution in [3.63, 3.8) is 0 Å². The van der Waals surface area contributed by atoms with Gasteiger partial charge in [0, 0.05) is 0 Å². The fourth-order valence-electron chi connectivity index (χ4n) is 1.75. The van der Waals surface area contributed by atoms with Crippen molar-refractivity contribution >= 4 is 21.6 Å². The maximum Gasteiger partial charge on any atom is 0.416 e. The number of alkyl halides is 3. The average molecular weight is 288 g/mol. The van der Waals surface area contributed by atoms with Gasteiger partial charge in [-0.2, -0.15) is 13.2 Å². The Morgan fingerprint density at radius 2 is 2.11 bits per heavy atom. The zero-order chi connectivity index (χ0) is 14.0. The van der Waals surface area contributed by atoms with Gasteiger partial charge >= 0.3 is 6.18 Å². The van der Waals surface area contributed by atoms with Gasteiger partial charge in [-0.3, -0.25) is 0 Å². The van der Waals surface area contributed by atoms with Gasteiger partial charge in [-0.25, -0.2) is 4.98 Å². The molecule has 1 heterocycles. The lowest BCUT2D eigenvalue weighted by molar-refractivity contribution is -0.137. The Hall–Kier alpha value is -1.14. The summed E-state index contributed by atoms with van der Waals surface area (Å²) in [6.45, 7) is 4.90. The van der Waals surface area contributed by atoms with Gasteiger partial charge in [0.2, 0.25) is 0 Å². The van der Waals surface area contributed by atoms with Crippen LogP contribution in [0.3, 0.4) is 0 Å². The summed E-state index contributed by atoms with van der Waals surface area (Å²) >= 11 is 1.43. The second-order valence-corrected chi connectivity index (χ2v) is 5.47. The third kappa shape index (κ3) is 3.25. The van der Waals surface area contributed by atoms with E-state index in [2.05, 4.69) is 17.2 Å². The number of benzene rings is 1. The van der Waals surface area contributed by atoms with Crippen molar-refractivity contribution < 1.29 is 13.2 Å². The minimum atomic E-state index is -4.32. The summed E-state index contributed by atoms with van der Waals surface area (Å²) in [5, 5.41) is 4.10. The van der Waals surface area contributed by atoms with Gasteiger partial charge in [0.15, 0.2) is 0 Å².